The zero-order chi connectivity index (χ0) is 20.6. The number of H-pyrrole nitrogens is 1. The van der Waals surface area contributed by atoms with Crippen LogP contribution in [-0.2, 0) is 9.59 Å². The first kappa shape index (κ1) is 19.2. The maximum Gasteiger partial charge on any atom is 0.228 e. The Morgan fingerprint density at radius 2 is 2.21 bits per heavy atom. The van der Waals surface area contributed by atoms with Gasteiger partial charge in [-0.15, -0.1) is 0 Å². The van der Waals surface area contributed by atoms with Crippen LogP contribution in [0, 0.1) is 22.7 Å². The molecule has 1 saturated carbocycles. The molecule has 0 radical (unpaired) electrons. The Morgan fingerprint density at radius 3 is 2.90 bits per heavy atom. The lowest BCUT2D eigenvalue weighted by atomic mass is 9.77. The highest BCUT2D eigenvalue weighted by atomic mass is 16.2. The minimum absolute atomic E-state index is 0.00818. The van der Waals surface area contributed by atoms with Gasteiger partial charge in [-0.2, -0.15) is 5.26 Å². The first-order valence-electron chi connectivity index (χ1n) is 10.0. The normalized spacial score (nSPS) is 18.2. The first-order chi connectivity index (χ1) is 13.9. The minimum Gasteiger partial charge on any atom is -0.346 e. The number of pyridine rings is 1. The lowest BCUT2D eigenvalue weighted by Gasteiger charge is -2.39. The van der Waals surface area contributed by atoms with E-state index >= 15 is 0 Å². The van der Waals surface area contributed by atoms with Crippen LogP contribution in [0.4, 0.5) is 5.82 Å². The number of carbonyl (C=O) groups is 2. The van der Waals surface area contributed by atoms with Gasteiger partial charge in [0.25, 0.3) is 0 Å². The van der Waals surface area contributed by atoms with Crippen LogP contribution in [0.5, 0.6) is 0 Å². The van der Waals surface area contributed by atoms with Crippen LogP contribution in [-0.4, -0.2) is 39.8 Å². The summed E-state index contributed by atoms with van der Waals surface area (Å²) in [4.78, 5) is 34.1. The topological polar surface area (TPSA) is 102 Å². The molecule has 0 aromatic carbocycles. The fraction of sp³-hybridized carbons (Fsp3) is 0.455. The van der Waals surface area contributed by atoms with Crippen molar-refractivity contribution in [2.75, 3.05) is 18.4 Å². The van der Waals surface area contributed by atoms with Gasteiger partial charge < -0.3 is 15.2 Å². The Morgan fingerprint density at radius 1 is 1.41 bits per heavy atom. The van der Waals surface area contributed by atoms with Gasteiger partial charge in [-0.05, 0) is 36.1 Å². The number of nitriles is 1. The molecule has 150 valence electrons. The second-order valence-corrected chi connectivity index (χ2v) is 8.49. The number of aromatic amines is 1. The first-order valence-corrected chi connectivity index (χ1v) is 10.0. The van der Waals surface area contributed by atoms with E-state index in [1.165, 1.54) is 0 Å². The Balaban J connectivity index is 1.66. The van der Waals surface area contributed by atoms with Crippen molar-refractivity contribution >= 4 is 34.2 Å². The van der Waals surface area contributed by atoms with Crippen molar-refractivity contribution in [3.8, 4) is 6.07 Å². The smallest absolute Gasteiger partial charge is 0.228 e. The van der Waals surface area contributed by atoms with E-state index < -0.39 is 0 Å². The minimum atomic E-state index is -0.274. The molecule has 2 aromatic heterocycles. The quantitative estimate of drug-likeness (QED) is 0.815. The molecular weight excluding hydrogens is 366 g/mol. The van der Waals surface area contributed by atoms with Gasteiger partial charge in [0.05, 0.1) is 6.07 Å². The average Bonchev–Trinajstić information content (AvgIpc) is 3.43. The molecule has 7 heteroatoms. The Labute approximate surface area is 169 Å². The van der Waals surface area contributed by atoms with E-state index in [1.807, 2.05) is 29.3 Å². The predicted molar refractivity (Wildman–Crippen MR) is 111 cm³/mol. The molecule has 4 rings (SSSR count). The van der Waals surface area contributed by atoms with Crippen molar-refractivity contribution in [2.45, 2.75) is 39.5 Å². The zero-order valence-corrected chi connectivity index (χ0v) is 16.8. The van der Waals surface area contributed by atoms with E-state index in [0.29, 0.717) is 18.9 Å². The molecule has 2 aliphatic rings. The summed E-state index contributed by atoms with van der Waals surface area (Å²) in [6, 6.07) is 5.97. The molecule has 2 aromatic rings. The molecule has 1 aliphatic carbocycles. The van der Waals surface area contributed by atoms with Crippen LogP contribution in [0.25, 0.3) is 16.6 Å². The van der Waals surface area contributed by atoms with Crippen LogP contribution in [0.15, 0.2) is 24.4 Å². The summed E-state index contributed by atoms with van der Waals surface area (Å²) in [7, 11) is 0. The summed E-state index contributed by atoms with van der Waals surface area (Å²) in [5.74, 6) is 0.698. The van der Waals surface area contributed by atoms with E-state index in [4.69, 9.17) is 5.26 Å². The van der Waals surface area contributed by atoms with E-state index in [9.17, 15) is 9.59 Å². The standard InChI is InChI=1S/C22H25N5O2/c1-22(2)13-27(19(28)4-3-9-23)11-8-17(22)16-12-18(26-21(29)14-5-6-14)25-20-15(16)7-10-24-20/h7-8,10,12,14H,3-6,11,13H2,1-2H3,(H2,24,25,26,29). The van der Waals surface area contributed by atoms with E-state index in [1.54, 1.807) is 0 Å². The number of nitrogens with one attached hydrogen (secondary N) is 2. The Hall–Kier alpha value is -3.14. The molecule has 1 aliphatic heterocycles. The molecular formula is C22H25N5O2. The molecule has 0 unspecified atom stereocenters. The number of anilines is 1. The number of nitrogens with zero attached hydrogens (tertiary/aromatic N) is 3. The number of fused-ring (bicyclic) bond motifs is 1. The molecule has 0 spiro atoms. The molecule has 3 heterocycles. The summed E-state index contributed by atoms with van der Waals surface area (Å²) >= 11 is 0. The largest absolute Gasteiger partial charge is 0.346 e. The summed E-state index contributed by atoms with van der Waals surface area (Å²) < 4.78 is 0. The number of hydrogen-bond donors (Lipinski definition) is 2. The third-order valence-corrected chi connectivity index (χ3v) is 5.65. The molecule has 1 fully saturated rings. The Kier molecular flexibility index (Phi) is 4.87. The number of rotatable bonds is 5. The summed E-state index contributed by atoms with van der Waals surface area (Å²) in [5, 5.41) is 12.7. The van der Waals surface area contributed by atoms with Gasteiger partial charge in [0.15, 0.2) is 0 Å². The zero-order valence-electron chi connectivity index (χ0n) is 16.8. The summed E-state index contributed by atoms with van der Waals surface area (Å²) in [5.41, 5.74) is 2.62. The van der Waals surface area contributed by atoms with Crippen molar-refractivity contribution in [3.63, 3.8) is 0 Å². The van der Waals surface area contributed by atoms with Crippen LogP contribution in [0.3, 0.4) is 0 Å². The van der Waals surface area contributed by atoms with Gasteiger partial charge in [0.1, 0.15) is 11.5 Å². The third-order valence-electron chi connectivity index (χ3n) is 5.65. The van der Waals surface area contributed by atoms with Crippen LogP contribution in [0.2, 0.25) is 0 Å². The van der Waals surface area contributed by atoms with Crippen molar-refractivity contribution in [3.05, 3.63) is 30.0 Å². The van der Waals surface area contributed by atoms with Crippen molar-refractivity contribution in [1.29, 1.82) is 5.26 Å². The molecule has 7 nitrogen and oxygen atoms in total. The molecule has 2 N–H and O–H groups in total. The molecule has 0 bridgehead atoms. The number of carbonyl (C=O) groups excluding carboxylic acids is 2. The maximum absolute atomic E-state index is 12.4. The van der Waals surface area contributed by atoms with Gasteiger partial charge in [-0.3, -0.25) is 9.59 Å². The van der Waals surface area contributed by atoms with E-state index in [0.717, 1.165) is 35.0 Å². The fourth-order valence-electron chi connectivity index (χ4n) is 3.99. The highest BCUT2D eigenvalue weighted by Gasteiger charge is 2.34. The third kappa shape index (κ3) is 3.88. The lowest BCUT2D eigenvalue weighted by Crippen LogP contribution is -2.42. The van der Waals surface area contributed by atoms with Crippen LogP contribution < -0.4 is 5.32 Å². The van der Waals surface area contributed by atoms with Gasteiger partial charge in [0, 0.05) is 48.8 Å². The molecule has 0 saturated heterocycles. The van der Waals surface area contributed by atoms with E-state index in [2.05, 4.69) is 35.2 Å². The monoisotopic (exact) mass is 391 g/mol. The fourth-order valence-corrected chi connectivity index (χ4v) is 3.99. The SMILES string of the molecule is CC1(C)CN(C(=O)CCC#N)CC=C1c1cc(NC(=O)C2CC2)nc2[nH]ccc12. The molecule has 29 heavy (non-hydrogen) atoms. The van der Waals surface area contributed by atoms with Gasteiger partial charge >= 0.3 is 0 Å². The summed E-state index contributed by atoms with van der Waals surface area (Å²) in [6.45, 7) is 5.33. The number of aromatic nitrogens is 2. The maximum atomic E-state index is 12.4. The predicted octanol–water partition coefficient (Wildman–Crippen LogP) is 3.47. The van der Waals surface area contributed by atoms with Crippen LogP contribution in [0.1, 0.15) is 45.1 Å². The highest BCUT2D eigenvalue weighted by molar-refractivity contribution is 5.98. The molecule has 2 amide bonds. The lowest BCUT2D eigenvalue weighted by molar-refractivity contribution is -0.131. The van der Waals surface area contributed by atoms with Gasteiger partial charge in [-0.25, -0.2) is 4.98 Å². The second kappa shape index (κ2) is 7.36. The highest BCUT2D eigenvalue weighted by Crippen LogP contribution is 2.41. The van der Waals surface area contributed by atoms with Crippen LogP contribution >= 0.6 is 0 Å². The Bertz CT molecular complexity index is 1040. The van der Waals surface area contributed by atoms with Crippen molar-refractivity contribution in [1.82, 2.24) is 14.9 Å². The average molecular weight is 391 g/mol. The number of hydrogen-bond acceptors (Lipinski definition) is 4. The number of amides is 2. The van der Waals surface area contributed by atoms with Crippen molar-refractivity contribution < 1.29 is 9.59 Å². The van der Waals surface area contributed by atoms with Gasteiger partial charge in [0.2, 0.25) is 11.8 Å². The van der Waals surface area contributed by atoms with Crippen molar-refractivity contribution in [2.24, 2.45) is 11.3 Å². The second-order valence-electron chi connectivity index (χ2n) is 8.49. The summed E-state index contributed by atoms with van der Waals surface area (Å²) in [6.07, 6.45) is 6.31. The van der Waals surface area contributed by atoms with Gasteiger partial charge in [-0.1, -0.05) is 19.9 Å². The molecule has 0 atom stereocenters. The van der Waals surface area contributed by atoms with E-state index in [-0.39, 0.29) is 36.0 Å².